The van der Waals surface area contributed by atoms with Gasteiger partial charge in [-0.3, -0.25) is 0 Å². The zero-order valence-electron chi connectivity index (χ0n) is 8.40. The Balaban J connectivity index is 2.56. The molecular weight excluding hydrogens is 202 g/mol. The fourth-order valence-corrected chi connectivity index (χ4v) is 2.36. The summed E-state index contributed by atoms with van der Waals surface area (Å²) in [7, 11) is -1.89. The first-order chi connectivity index (χ1) is 6.47. The molecule has 1 N–H and O–H groups in total. The van der Waals surface area contributed by atoms with Gasteiger partial charge in [0.05, 0.1) is 12.5 Å². The van der Waals surface area contributed by atoms with E-state index in [0.717, 1.165) is 12.8 Å². The average Bonchev–Trinajstić information content (AvgIpc) is 2.86. The molecule has 1 rings (SSSR count). The van der Waals surface area contributed by atoms with Gasteiger partial charge in [0.1, 0.15) is 0 Å². The van der Waals surface area contributed by atoms with Crippen molar-refractivity contribution in [1.29, 1.82) is 5.26 Å². The van der Waals surface area contributed by atoms with Gasteiger partial charge >= 0.3 is 0 Å². The van der Waals surface area contributed by atoms with Crippen molar-refractivity contribution in [3.8, 4) is 6.07 Å². The highest BCUT2D eigenvalue weighted by Gasteiger charge is 2.31. The van der Waals surface area contributed by atoms with Crippen molar-refractivity contribution in [1.82, 2.24) is 9.03 Å². The van der Waals surface area contributed by atoms with Gasteiger partial charge < -0.3 is 0 Å². The van der Waals surface area contributed by atoms with Crippen molar-refractivity contribution in [3.63, 3.8) is 0 Å². The minimum absolute atomic E-state index is 0.108. The lowest BCUT2D eigenvalue weighted by Gasteiger charge is -2.22. The lowest BCUT2D eigenvalue weighted by Crippen LogP contribution is -2.43. The molecule has 0 radical (unpaired) electrons. The molecule has 1 aliphatic rings. The number of rotatable bonds is 5. The molecule has 0 aliphatic heterocycles. The van der Waals surface area contributed by atoms with E-state index in [1.165, 1.54) is 11.4 Å². The second kappa shape index (κ2) is 4.26. The van der Waals surface area contributed by atoms with Crippen molar-refractivity contribution in [3.05, 3.63) is 0 Å². The predicted molar refractivity (Wildman–Crippen MR) is 52.5 cm³/mol. The van der Waals surface area contributed by atoms with Crippen molar-refractivity contribution in [2.24, 2.45) is 0 Å². The third-order valence-corrected chi connectivity index (χ3v) is 4.03. The topological polar surface area (TPSA) is 73.2 Å². The van der Waals surface area contributed by atoms with E-state index in [0.29, 0.717) is 0 Å². The Hall–Kier alpha value is -0.640. The molecule has 1 fully saturated rings. The molecule has 0 heterocycles. The Morgan fingerprint density at radius 3 is 2.64 bits per heavy atom. The van der Waals surface area contributed by atoms with Crippen molar-refractivity contribution < 1.29 is 8.42 Å². The molecule has 0 amide bonds. The minimum atomic E-state index is -3.39. The summed E-state index contributed by atoms with van der Waals surface area (Å²) in [6.45, 7) is 1.72. The summed E-state index contributed by atoms with van der Waals surface area (Å²) in [5.74, 6) is 0. The smallest absolute Gasteiger partial charge is 0.199 e. The summed E-state index contributed by atoms with van der Waals surface area (Å²) >= 11 is 0. The van der Waals surface area contributed by atoms with Crippen LogP contribution >= 0.6 is 0 Å². The summed E-state index contributed by atoms with van der Waals surface area (Å²) in [6, 6.07) is 1.78. The fraction of sp³-hybridized carbons (Fsp3) is 0.875. The average molecular weight is 217 g/mol. The van der Waals surface area contributed by atoms with Gasteiger partial charge in [0.15, 0.2) is 0 Å². The van der Waals surface area contributed by atoms with Gasteiger partial charge in [-0.15, -0.1) is 0 Å². The highest BCUT2D eigenvalue weighted by atomic mass is 32.2. The zero-order valence-corrected chi connectivity index (χ0v) is 9.21. The van der Waals surface area contributed by atoms with Crippen LogP contribution in [0.4, 0.5) is 0 Å². The largest absolute Gasteiger partial charge is 0.279 e. The normalized spacial score (nSPS) is 19.3. The van der Waals surface area contributed by atoms with Crippen LogP contribution in [0, 0.1) is 11.3 Å². The number of hydrogen-bond acceptors (Lipinski definition) is 3. The molecule has 0 aromatic heterocycles. The standard InChI is InChI=1S/C8H15N3O2S/c1-7(5-6-9)11(2)14(12,13)10-8-3-4-8/h7-8,10H,3-5H2,1-2H3. The van der Waals surface area contributed by atoms with Crippen LogP contribution in [0.1, 0.15) is 26.2 Å². The van der Waals surface area contributed by atoms with E-state index >= 15 is 0 Å². The molecule has 0 bridgehead atoms. The molecular formula is C8H15N3O2S. The molecule has 1 saturated carbocycles. The van der Waals surface area contributed by atoms with Crippen LogP contribution < -0.4 is 4.72 Å². The van der Waals surface area contributed by atoms with Crippen LogP contribution in [-0.2, 0) is 10.2 Å². The second-order valence-electron chi connectivity index (χ2n) is 3.62. The maximum atomic E-state index is 11.6. The Bertz CT molecular complexity index is 329. The molecule has 0 aromatic rings. The zero-order chi connectivity index (χ0) is 10.8. The minimum Gasteiger partial charge on any atom is -0.199 e. The number of nitrogens with one attached hydrogen (secondary N) is 1. The molecule has 0 spiro atoms. The molecule has 80 valence electrons. The highest BCUT2D eigenvalue weighted by molar-refractivity contribution is 7.87. The third kappa shape index (κ3) is 2.94. The van der Waals surface area contributed by atoms with Gasteiger partial charge in [-0.2, -0.15) is 22.7 Å². The van der Waals surface area contributed by atoms with Crippen molar-refractivity contribution in [2.75, 3.05) is 7.05 Å². The monoisotopic (exact) mass is 217 g/mol. The first-order valence-electron chi connectivity index (χ1n) is 4.59. The second-order valence-corrected chi connectivity index (χ2v) is 5.39. The Morgan fingerprint density at radius 1 is 1.64 bits per heavy atom. The number of nitrogens with zero attached hydrogens (tertiary/aromatic N) is 2. The van der Waals surface area contributed by atoms with Gasteiger partial charge in [0, 0.05) is 19.1 Å². The predicted octanol–water partition coefficient (Wildman–Crippen LogP) is 0.217. The quantitative estimate of drug-likeness (QED) is 0.715. The number of hydrogen-bond donors (Lipinski definition) is 1. The van der Waals surface area contributed by atoms with Crippen LogP contribution in [-0.4, -0.2) is 31.9 Å². The van der Waals surface area contributed by atoms with Gasteiger partial charge in [-0.25, -0.2) is 0 Å². The first-order valence-corrected chi connectivity index (χ1v) is 6.03. The van der Waals surface area contributed by atoms with Crippen LogP contribution in [0.25, 0.3) is 0 Å². The molecule has 6 heteroatoms. The lowest BCUT2D eigenvalue weighted by atomic mass is 10.3. The maximum absolute atomic E-state index is 11.6. The van der Waals surface area contributed by atoms with E-state index in [1.807, 2.05) is 6.07 Å². The number of nitriles is 1. The Kier molecular flexibility index (Phi) is 3.48. The van der Waals surface area contributed by atoms with Gasteiger partial charge in [0.25, 0.3) is 10.2 Å². The van der Waals surface area contributed by atoms with E-state index in [9.17, 15) is 8.42 Å². The van der Waals surface area contributed by atoms with Crippen molar-refractivity contribution in [2.45, 2.75) is 38.3 Å². The maximum Gasteiger partial charge on any atom is 0.279 e. The van der Waals surface area contributed by atoms with Crippen molar-refractivity contribution >= 4 is 10.2 Å². The van der Waals surface area contributed by atoms with E-state index in [4.69, 9.17) is 5.26 Å². The van der Waals surface area contributed by atoms with Crippen LogP contribution in [0.5, 0.6) is 0 Å². The first kappa shape index (κ1) is 11.4. The molecule has 0 saturated heterocycles. The molecule has 1 aliphatic carbocycles. The third-order valence-electron chi connectivity index (χ3n) is 2.28. The Labute approximate surface area is 84.9 Å². The van der Waals surface area contributed by atoms with E-state index in [1.54, 1.807) is 6.92 Å². The van der Waals surface area contributed by atoms with Gasteiger partial charge in [0.2, 0.25) is 0 Å². The summed E-state index contributed by atoms with van der Waals surface area (Å²) in [6.07, 6.45) is 2.04. The van der Waals surface area contributed by atoms with E-state index < -0.39 is 10.2 Å². The van der Waals surface area contributed by atoms with E-state index in [2.05, 4.69) is 4.72 Å². The van der Waals surface area contributed by atoms with E-state index in [-0.39, 0.29) is 18.5 Å². The summed E-state index contributed by atoms with van der Waals surface area (Å²) in [5.41, 5.74) is 0. The molecule has 14 heavy (non-hydrogen) atoms. The highest BCUT2D eigenvalue weighted by Crippen LogP contribution is 2.20. The summed E-state index contributed by atoms with van der Waals surface area (Å²) in [5, 5.41) is 8.45. The van der Waals surface area contributed by atoms with Crippen LogP contribution in [0.15, 0.2) is 0 Å². The molecule has 5 nitrogen and oxygen atoms in total. The summed E-state index contributed by atoms with van der Waals surface area (Å²) < 4.78 is 27.0. The fourth-order valence-electron chi connectivity index (χ4n) is 0.993. The lowest BCUT2D eigenvalue weighted by molar-refractivity contribution is 0.386. The van der Waals surface area contributed by atoms with Crippen LogP contribution in [0.2, 0.25) is 0 Å². The Morgan fingerprint density at radius 2 is 2.21 bits per heavy atom. The molecule has 1 unspecified atom stereocenters. The van der Waals surface area contributed by atoms with Gasteiger partial charge in [-0.05, 0) is 19.8 Å². The van der Waals surface area contributed by atoms with Crippen LogP contribution in [0.3, 0.4) is 0 Å². The molecule has 0 aromatic carbocycles. The summed E-state index contributed by atoms with van der Waals surface area (Å²) in [4.78, 5) is 0. The van der Waals surface area contributed by atoms with Gasteiger partial charge in [-0.1, -0.05) is 0 Å². The molecule has 1 atom stereocenters. The SMILES string of the molecule is CC(CC#N)N(C)S(=O)(=O)NC1CC1.